The zero-order valence-electron chi connectivity index (χ0n) is 11.4. The largest absolute Gasteiger partial charge is 0.349 e. The molecule has 0 fully saturated rings. The third-order valence-electron chi connectivity index (χ3n) is 3.13. The molecule has 19 heavy (non-hydrogen) atoms. The van der Waals surface area contributed by atoms with Crippen molar-refractivity contribution in [2.75, 3.05) is 12.8 Å². The van der Waals surface area contributed by atoms with Gasteiger partial charge in [-0.15, -0.1) is 0 Å². The highest BCUT2D eigenvalue weighted by molar-refractivity contribution is 7.90. The summed E-state index contributed by atoms with van der Waals surface area (Å²) in [6.45, 7) is 4.34. The summed E-state index contributed by atoms with van der Waals surface area (Å²) >= 11 is 0. The van der Waals surface area contributed by atoms with Gasteiger partial charge in [0.15, 0.2) is 9.84 Å². The standard InChI is InChI=1S/C13H20N2O3S/c1-9(8-14)10(2)15-13(16)11-4-6-12(7-5-11)19(3,17)18/h4-7,9-10H,8,14H2,1-3H3,(H,15,16). The summed E-state index contributed by atoms with van der Waals surface area (Å²) in [6.07, 6.45) is 1.13. The second kappa shape index (κ2) is 6.16. The summed E-state index contributed by atoms with van der Waals surface area (Å²) in [5.74, 6) is -0.0490. The monoisotopic (exact) mass is 284 g/mol. The minimum atomic E-state index is -3.23. The summed E-state index contributed by atoms with van der Waals surface area (Å²) < 4.78 is 22.6. The van der Waals surface area contributed by atoms with Gasteiger partial charge in [0.2, 0.25) is 0 Å². The fraction of sp³-hybridized carbons (Fsp3) is 0.462. The Kier molecular flexibility index (Phi) is 5.08. The first-order valence-electron chi connectivity index (χ1n) is 6.06. The van der Waals surface area contributed by atoms with Crippen molar-refractivity contribution in [1.82, 2.24) is 5.32 Å². The van der Waals surface area contributed by atoms with Crippen LogP contribution in [0.3, 0.4) is 0 Å². The van der Waals surface area contributed by atoms with E-state index in [0.717, 1.165) is 6.26 Å². The molecule has 6 heteroatoms. The van der Waals surface area contributed by atoms with Crippen molar-refractivity contribution in [3.63, 3.8) is 0 Å². The van der Waals surface area contributed by atoms with Gasteiger partial charge in [-0.2, -0.15) is 0 Å². The number of benzene rings is 1. The molecule has 0 saturated carbocycles. The first kappa shape index (κ1) is 15.7. The Hall–Kier alpha value is -1.40. The van der Waals surface area contributed by atoms with E-state index in [2.05, 4.69) is 5.32 Å². The van der Waals surface area contributed by atoms with Gasteiger partial charge >= 0.3 is 0 Å². The molecule has 0 aliphatic carbocycles. The second-order valence-electron chi connectivity index (χ2n) is 4.77. The lowest BCUT2D eigenvalue weighted by Gasteiger charge is -2.19. The van der Waals surface area contributed by atoms with Crippen LogP contribution in [0.25, 0.3) is 0 Å². The van der Waals surface area contributed by atoms with Gasteiger partial charge in [0, 0.05) is 17.9 Å². The highest BCUT2D eigenvalue weighted by atomic mass is 32.2. The Morgan fingerprint density at radius 3 is 2.21 bits per heavy atom. The summed E-state index contributed by atoms with van der Waals surface area (Å²) in [5.41, 5.74) is 5.97. The Morgan fingerprint density at radius 2 is 1.79 bits per heavy atom. The van der Waals surface area contributed by atoms with Crippen molar-refractivity contribution < 1.29 is 13.2 Å². The first-order chi connectivity index (χ1) is 8.75. The molecule has 0 spiro atoms. The van der Waals surface area contributed by atoms with Crippen LogP contribution in [0.5, 0.6) is 0 Å². The maximum Gasteiger partial charge on any atom is 0.251 e. The summed E-state index contributed by atoms with van der Waals surface area (Å²) in [6, 6.07) is 5.84. The molecule has 0 saturated heterocycles. The molecule has 0 bridgehead atoms. The van der Waals surface area contributed by atoms with Gasteiger partial charge < -0.3 is 11.1 Å². The van der Waals surface area contributed by atoms with Crippen LogP contribution in [-0.4, -0.2) is 33.2 Å². The predicted octanol–water partition coefficient (Wildman–Crippen LogP) is 0.803. The number of hydrogen-bond donors (Lipinski definition) is 2. The molecule has 1 amide bonds. The van der Waals surface area contributed by atoms with Crippen LogP contribution in [0.1, 0.15) is 24.2 Å². The number of hydrogen-bond acceptors (Lipinski definition) is 4. The molecular weight excluding hydrogens is 264 g/mol. The van der Waals surface area contributed by atoms with Gasteiger partial charge in [0.05, 0.1) is 4.90 Å². The van der Waals surface area contributed by atoms with E-state index in [1.807, 2.05) is 13.8 Å². The van der Waals surface area contributed by atoms with Crippen LogP contribution in [-0.2, 0) is 9.84 Å². The van der Waals surface area contributed by atoms with Gasteiger partial charge in [0.1, 0.15) is 0 Å². The number of sulfone groups is 1. The molecule has 3 N–H and O–H groups in total. The predicted molar refractivity (Wildman–Crippen MR) is 74.7 cm³/mol. The smallest absolute Gasteiger partial charge is 0.251 e. The lowest BCUT2D eigenvalue weighted by Crippen LogP contribution is -2.39. The van der Waals surface area contributed by atoms with Crippen LogP contribution in [0.2, 0.25) is 0 Å². The highest BCUT2D eigenvalue weighted by Crippen LogP contribution is 2.11. The van der Waals surface area contributed by atoms with Crippen LogP contribution in [0, 0.1) is 5.92 Å². The Morgan fingerprint density at radius 1 is 1.26 bits per heavy atom. The van der Waals surface area contributed by atoms with Crippen molar-refractivity contribution in [3.05, 3.63) is 29.8 Å². The number of nitrogens with two attached hydrogens (primary N) is 1. The van der Waals surface area contributed by atoms with E-state index in [4.69, 9.17) is 5.73 Å². The number of rotatable bonds is 5. The van der Waals surface area contributed by atoms with Crippen molar-refractivity contribution in [1.29, 1.82) is 0 Å². The third-order valence-corrected chi connectivity index (χ3v) is 4.26. The van der Waals surface area contributed by atoms with Crippen molar-refractivity contribution in [2.45, 2.75) is 24.8 Å². The maximum atomic E-state index is 11.9. The van der Waals surface area contributed by atoms with E-state index in [0.29, 0.717) is 12.1 Å². The summed E-state index contributed by atoms with van der Waals surface area (Å²) in [5, 5.41) is 2.84. The molecule has 106 valence electrons. The van der Waals surface area contributed by atoms with E-state index in [9.17, 15) is 13.2 Å². The SMILES string of the molecule is CC(CN)C(C)NC(=O)c1ccc(S(C)(=O)=O)cc1. The van der Waals surface area contributed by atoms with Crippen LogP contribution < -0.4 is 11.1 Å². The lowest BCUT2D eigenvalue weighted by molar-refractivity contribution is 0.0929. The van der Waals surface area contributed by atoms with E-state index in [1.54, 1.807) is 0 Å². The van der Waals surface area contributed by atoms with Gasteiger partial charge in [-0.25, -0.2) is 8.42 Å². The van der Waals surface area contributed by atoms with Crippen molar-refractivity contribution in [3.8, 4) is 0 Å². The molecule has 5 nitrogen and oxygen atoms in total. The van der Waals surface area contributed by atoms with E-state index < -0.39 is 9.84 Å². The number of carbonyl (C=O) groups is 1. The maximum absolute atomic E-state index is 11.9. The van der Waals surface area contributed by atoms with E-state index >= 15 is 0 Å². The normalized spacial score (nSPS) is 14.7. The molecule has 1 rings (SSSR count). The van der Waals surface area contributed by atoms with Crippen LogP contribution >= 0.6 is 0 Å². The topological polar surface area (TPSA) is 89.3 Å². The zero-order valence-corrected chi connectivity index (χ0v) is 12.2. The Balaban J connectivity index is 2.79. The molecule has 0 aromatic heterocycles. The number of carbonyl (C=O) groups excluding carboxylic acids is 1. The number of nitrogens with one attached hydrogen (secondary N) is 1. The average molecular weight is 284 g/mol. The summed E-state index contributed by atoms with van der Waals surface area (Å²) in [7, 11) is -3.23. The lowest BCUT2D eigenvalue weighted by atomic mass is 10.0. The van der Waals surface area contributed by atoms with Gasteiger partial charge in [-0.1, -0.05) is 6.92 Å². The molecule has 1 aromatic rings. The Bertz CT molecular complexity index is 538. The first-order valence-corrected chi connectivity index (χ1v) is 7.96. The number of amides is 1. The molecule has 2 atom stereocenters. The molecule has 0 radical (unpaired) electrons. The van der Waals surface area contributed by atoms with Crippen molar-refractivity contribution >= 4 is 15.7 Å². The van der Waals surface area contributed by atoms with Crippen LogP contribution in [0.4, 0.5) is 0 Å². The average Bonchev–Trinajstić information content (AvgIpc) is 2.36. The fourth-order valence-corrected chi connectivity index (χ4v) is 2.12. The second-order valence-corrected chi connectivity index (χ2v) is 6.79. The minimum Gasteiger partial charge on any atom is -0.349 e. The van der Waals surface area contributed by atoms with Crippen LogP contribution in [0.15, 0.2) is 29.2 Å². The molecular formula is C13H20N2O3S. The van der Waals surface area contributed by atoms with Gasteiger partial charge in [-0.3, -0.25) is 4.79 Å². The van der Waals surface area contributed by atoms with E-state index in [1.165, 1.54) is 24.3 Å². The molecule has 2 unspecified atom stereocenters. The molecule has 0 aliphatic rings. The Labute approximate surface area is 114 Å². The fourth-order valence-electron chi connectivity index (χ4n) is 1.49. The third kappa shape index (κ3) is 4.33. The van der Waals surface area contributed by atoms with Gasteiger partial charge in [0.25, 0.3) is 5.91 Å². The zero-order chi connectivity index (χ0) is 14.6. The van der Waals surface area contributed by atoms with E-state index in [-0.39, 0.29) is 22.8 Å². The molecule has 1 aromatic carbocycles. The highest BCUT2D eigenvalue weighted by Gasteiger charge is 2.15. The van der Waals surface area contributed by atoms with Crippen molar-refractivity contribution in [2.24, 2.45) is 11.7 Å². The minimum absolute atomic E-state index is 0.0351. The molecule has 0 heterocycles. The molecule has 0 aliphatic heterocycles. The summed E-state index contributed by atoms with van der Waals surface area (Å²) in [4.78, 5) is 12.1. The van der Waals surface area contributed by atoms with Gasteiger partial charge in [-0.05, 0) is 43.7 Å². The quantitative estimate of drug-likeness (QED) is 0.837.